The first-order chi connectivity index (χ1) is 9.58. The van der Waals surface area contributed by atoms with Gasteiger partial charge in [-0.1, -0.05) is 22.0 Å². The van der Waals surface area contributed by atoms with Crippen molar-refractivity contribution in [2.24, 2.45) is 0 Å². The van der Waals surface area contributed by atoms with E-state index >= 15 is 0 Å². The summed E-state index contributed by atoms with van der Waals surface area (Å²) in [5.41, 5.74) is 0.705. The third-order valence-electron chi connectivity index (χ3n) is 2.72. The SMILES string of the molecule is C=CCNC(C(=O)OC)c1cc(OC)c(OC)cc1Br. The number of methoxy groups -OCH3 is 3. The van der Waals surface area contributed by atoms with Crippen molar-refractivity contribution in [2.45, 2.75) is 6.04 Å². The molecule has 0 aliphatic carbocycles. The quantitative estimate of drug-likeness (QED) is 0.608. The van der Waals surface area contributed by atoms with Crippen molar-refractivity contribution in [1.29, 1.82) is 0 Å². The van der Waals surface area contributed by atoms with E-state index in [9.17, 15) is 4.79 Å². The molecule has 20 heavy (non-hydrogen) atoms. The molecule has 1 rings (SSSR count). The van der Waals surface area contributed by atoms with E-state index in [0.717, 1.165) is 4.47 Å². The fourth-order valence-electron chi connectivity index (χ4n) is 1.73. The number of ether oxygens (including phenoxy) is 3. The Bertz CT molecular complexity index is 490. The molecule has 0 radical (unpaired) electrons. The number of rotatable bonds is 7. The Morgan fingerprint density at radius 1 is 1.35 bits per heavy atom. The fourth-order valence-corrected chi connectivity index (χ4v) is 2.28. The molecule has 0 aliphatic heterocycles. The summed E-state index contributed by atoms with van der Waals surface area (Å²) >= 11 is 3.43. The van der Waals surface area contributed by atoms with Gasteiger partial charge in [0.05, 0.1) is 21.3 Å². The third kappa shape index (κ3) is 3.74. The van der Waals surface area contributed by atoms with Gasteiger partial charge in [-0.05, 0) is 17.7 Å². The number of carbonyl (C=O) groups is 1. The standard InChI is InChI=1S/C14H18BrNO4/c1-5-6-16-13(14(17)20-4)9-7-11(18-2)12(19-3)8-10(9)15/h5,7-8,13,16H,1,6H2,2-4H3. The molecule has 0 heterocycles. The first-order valence-corrected chi connectivity index (χ1v) is 6.71. The van der Waals surface area contributed by atoms with Gasteiger partial charge in [0.1, 0.15) is 6.04 Å². The van der Waals surface area contributed by atoms with Gasteiger partial charge < -0.3 is 14.2 Å². The van der Waals surface area contributed by atoms with E-state index in [2.05, 4.69) is 27.8 Å². The minimum Gasteiger partial charge on any atom is -0.493 e. The summed E-state index contributed by atoms with van der Waals surface area (Å²) in [5.74, 6) is 0.732. The van der Waals surface area contributed by atoms with Crippen LogP contribution in [0, 0.1) is 0 Å². The highest BCUT2D eigenvalue weighted by Crippen LogP contribution is 2.36. The minimum atomic E-state index is -0.618. The number of halogens is 1. The molecule has 0 fully saturated rings. The van der Waals surface area contributed by atoms with E-state index < -0.39 is 6.04 Å². The molecule has 1 aromatic carbocycles. The van der Waals surface area contributed by atoms with Gasteiger partial charge in [0.15, 0.2) is 11.5 Å². The predicted octanol–water partition coefficient (Wildman–Crippen LogP) is 2.46. The van der Waals surface area contributed by atoms with E-state index in [1.54, 1.807) is 32.4 Å². The van der Waals surface area contributed by atoms with Gasteiger partial charge >= 0.3 is 5.97 Å². The van der Waals surface area contributed by atoms with E-state index in [-0.39, 0.29) is 5.97 Å². The van der Waals surface area contributed by atoms with Crippen molar-refractivity contribution in [3.63, 3.8) is 0 Å². The van der Waals surface area contributed by atoms with Gasteiger partial charge in [0.2, 0.25) is 0 Å². The first kappa shape index (κ1) is 16.5. The first-order valence-electron chi connectivity index (χ1n) is 5.92. The summed E-state index contributed by atoms with van der Waals surface area (Å²) in [6, 6.07) is 2.87. The zero-order chi connectivity index (χ0) is 15.1. The van der Waals surface area contributed by atoms with Crippen LogP contribution in [0.3, 0.4) is 0 Å². The molecule has 0 amide bonds. The summed E-state index contributed by atoms with van der Waals surface area (Å²) in [7, 11) is 4.44. The van der Waals surface area contributed by atoms with Gasteiger partial charge in [0.25, 0.3) is 0 Å². The molecule has 1 aromatic rings. The second-order valence-corrected chi connectivity index (χ2v) is 4.74. The van der Waals surface area contributed by atoms with Crippen LogP contribution in [0.1, 0.15) is 11.6 Å². The summed E-state index contributed by atoms with van der Waals surface area (Å²) in [5, 5.41) is 3.05. The van der Waals surface area contributed by atoms with Gasteiger partial charge in [-0.3, -0.25) is 5.32 Å². The number of benzene rings is 1. The molecule has 1 unspecified atom stereocenters. The highest BCUT2D eigenvalue weighted by Gasteiger charge is 2.24. The molecule has 6 heteroatoms. The van der Waals surface area contributed by atoms with Crippen molar-refractivity contribution in [2.75, 3.05) is 27.9 Å². The molecule has 0 spiro atoms. The highest BCUT2D eigenvalue weighted by molar-refractivity contribution is 9.10. The Balaban J connectivity index is 3.24. The van der Waals surface area contributed by atoms with E-state index in [0.29, 0.717) is 23.6 Å². The van der Waals surface area contributed by atoms with Crippen LogP contribution in [-0.2, 0) is 9.53 Å². The van der Waals surface area contributed by atoms with Crippen LogP contribution in [0.15, 0.2) is 29.3 Å². The molecule has 0 bridgehead atoms. The van der Waals surface area contributed by atoms with Gasteiger partial charge in [-0.25, -0.2) is 4.79 Å². The number of esters is 1. The molecule has 0 aliphatic rings. The lowest BCUT2D eigenvalue weighted by molar-refractivity contribution is -0.143. The second kappa shape index (κ2) is 7.91. The third-order valence-corrected chi connectivity index (χ3v) is 3.40. The van der Waals surface area contributed by atoms with Crippen LogP contribution in [0.2, 0.25) is 0 Å². The van der Waals surface area contributed by atoms with Crippen LogP contribution in [-0.4, -0.2) is 33.8 Å². The zero-order valence-corrected chi connectivity index (χ0v) is 13.3. The summed E-state index contributed by atoms with van der Waals surface area (Å²) in [6.45, 7) is 4.10. The Labute approximate surface area is 127 Å². The van der Waals surface area contributed by atoms with Crippen LogP contribution in [0.5, 0.6) is 11.5 Å². The number of carbonyl (C=O) groups excluding carboxylic acids is 1. The maximum atomic E-state index is 11.9. The Morgan fingerprint density at radius 3 is 2.45 bits per heavy atom. The van der Waals surface area contributed by atoms with Crippen molar-refractivity contribution in [1.82, 2.24) is 5.32 Å². The lowest BCUT2D eigenvalue weighted by Crippen LogP contribution is -2.30. The summed E-state index contributed by atoms with van der Waals surface area (Å²) in [4.78, 5) is 11.9. The van der Waals surface area contributed by atoms with E-state index in [1.165, 1.54) is 7.11 Å². The molecule has 1 atom stereocenters. The van der Waals surface area contributed by atoms with Gasteiger partial charge in [-0.15, -0.1) is 6.58 Å². The molecular formula is C14H18BrNO4. The van der Waals surface area contributed by atoms with Crippen LogP contribution in [0.4, 0.5) is 0 Å². The maximum Gasteiger partial charge on any atom is 0.327 e. The predicted molar refractivity (Wildman–Crippen MR) is 80.2 cm³/mol. The van der Waals surface area contributed by atoms with Crippen molar-refractivity contribution in [3.05, 3.63) is 34.8 Å². The van der Waals surface area contributed by atoms with Crippen LogP contribution < -0.4 is 14.8 Å². The molecule has 0 aromatic heterocycles. The minimum absolute atomic E-state index is 0.389. The fraction of sp³-hybridized carbons (Fsp3) is 0.357. The zero-order valence-electron chi connectivity index (χ0n) is 11.7. The Hall–Kier alpha value is -1.53. The van der Waals surface area contributed by atoms with Crippen LogP contribution >= 0.6 is 15.9 Å². The second-order valence-electron chi connectivity index (χ2n) is 3.88. The van der Waals surface area contributed by atoms with E-state index in [4.69, 9.17) is 14.2 Å². The average molecular weight is 344 g/mol. The smallest absolute Gasteiger partial charge is 0.327 e. The summed E-state index contributed by atoms with van der Waals surface area (Å²) < 4.78 is 16.0. The number of hydrogen-bond donors (Lipinski definition) is 1. The van der Waals surface area contributed by atoms with Gasteiger partial charge in [0, 0.05) is 11.0 Å². The molecule has 0 saturated heterocycles. The maximum absolute atomic E-state index is 11.9. The topological polar surface area (TPSA) is 56.8 Å². The van der Waals surface area contributed by atoms with Crippen molar-refractivity contribution < 1.29 is 19.0 Å². The average Bonchev–Trinajstić information content (AvgIpc) is 2.47. The number of hydrogen-bond acceptors (Lipinski definition) is 5. The highest BCUT2D eigenvalue weighted by atomic mass is 79.9. The Kier molecular flexibility index (Phi) is 6.54. The number of nitrogens with one attached hydrogen (secondary N) is 1. The lowest BCUT2D eigenvalue weighted by Gasteiger charge is -2.19. The largest absolute Gasteiger partial charge is 0.493 e. The van der Waals surface area contributed by atoms with E-state index in [1.807, 2.05) is 0 Å². The normalized spacial score (nSPS) is 11.6. The monoisotopic (exact) mass is 343 g/mol. The molecular weight excluding hydrogens is 326 g/mol. The summed E-state index contributed by atoms with van der Waals surface area (Å²) in [6.07, 6.45) is 1.67. The molecule has 110 valence electrons. The van der Waals surface area contributed by atoms with Crippen molar-refractivity contribution in [3.8, 4) is 11.5 Å². The van der Waals surface area contributed by atoms with Crippen LogP contribution in [0.25, 0.3) is 0 Å². The lowest BCUT2D eigenvalue weighted by atomic mass is 10.1. The van der Waals surface area contributed by atoms with Gasteiger partial charge in [-0.2, -0.15) is 0 Å². The molecule has 5 nitrogen and oxygen atoms in total. The van der Waals surface area contributed by atoms with Crippen molar-refractivity contribution >= 4 is 21.9 Å². The molecule has 1 N–H and O–H groups in total. The Morgan fingerprint density at radius 2 is 1.95 bits per heavy atom. The molecule has 0 saturated carbocycles.